The van der Waals surface area contributed by atoms with Crippen LogP contribution in [0.4, 0.5) is 0 Å². The number of carbonyl (C=O) groups excluding carboxylic acids is 1. The Morgan fingerprint density at radius 1 is 1.20 bits per heavy atom. The van der Waals surface area contributed by atoms with Crippen molar-refractivity contribution >= 4 is 40.1 Å². The van der Waals surface area contributed by atoms with E-state index in [1.807, 2.05) is 0 Å². The van der Waals surface area contributed by atoms with E-state index in [0.717, 1.165) is 0 Å². The number of carbonyl (C=O) groups is 1. The molecule has 0 radical (unpaired) electrons. The number of pyridine rings is 1. The van der Waals surface area contributed by atoms with Crippen LogP contribution in [-0.2, 0) is 13.1 Å². The van der Waals surface area contributed by atoms with E-state index in [2.05, 4.69) is 15.0 Å². The molecule has 4 rings (SSSR count). The lowest BCUT2D eigenvalue weighted by Crippen LogP contribution is -2.26. The van der Waals surface area contributed by atoms with Crippen molar-refractivity contribution in [2.75, 3.05) is 7.11 Å². The molecule has 0 aliphatic heterocycles. The van der Waals surface area contributed by atoms with Crippen molar-refractivity contribution in [3.63, 3.8) is 0 Å². The second-order valence-electron chi connectivity index (χ2n) is 6.53. The number of nitrogens with one attached hydrogen (secondary N) is 1. The fourth-order valence-corrected chi connectivity index (χ4v) is 3.64. The Bertz CT molecular complexity index is 1320. The van der Waals surface area contributed by atoms with Gasteiger partial charge in [0.1, 0.15) is 27.9 Å². The lowest BCUT2D eigenvalue weighted by atomic mass is 10.1. The molecule has 0 bridgehead atoms. The number of ether oxygens (including phenoxy) is 1. The van der Waals surface area contributed by atoms with Crippen LogP contribution >= 0.6 is 23.2 Å². The molecule has 0 aliphatic carbocycles. The minimum Gasteiger partial charge on any atom is -0.497 e. The Morgan fingerprint density at radius 3 is 2.70 bits per heavy atom. The summed E-state index contributed by atoms with van der Waals surface area (Å²) >= 11 is 12.2. The third-order valence-corrected chi connectivity index (χ3v) is 5.22. The van der Waals surface area contributed by atoms with Gasteiger partial charge in [-0.3, -0.25) is 13.9 Å². The average Bonchev–Trinajstić information content (AvgIpc) is 3.27. The number of hydrogen-bond donors (Lipinski definition) is 1. The normalized spacial score (nSPS) is 11.2. The first-order valence-electron chi connectivity index (χ1n) is 9.10. The first kappa shape index (κ1) is 20.2. The average molecular weight is 446 g/mol. The Kier molecular flexibility index (Phi) is 5.36. The lowest BCUT2D eigenvalue weighted by Gasteiger charge is -2.07. The molecule has 1 aromatic carbocycles. The second-order valence-corrected chi connectivity index (χ2v) is 7.32. The van der Waals surface area contributed by atoms with Crippen LogP contribution in [0.5, 0.6) is 5.75 Å². The van der Waals surface area contributed by atoms with Gasteiger partial charge < -0.3 is 9.72 Å². The zero-order valence-corrected chi connectivity index (χ0v) is 17.7. The molecule has 4 aromatic rings. The molecule has 8 nitrogen and oxygen atoms in total. The van der Waals surface area contributed by atoms with Gasteiger partial charge in [-0.25, -0.2) is 14.8 Å². The molecular weight excluding hydrogens is 429 g/mol. The number of imidazole rings is 2. The van der Waals surface area contributed by atoms with E-state index in [0.29, 0.717) is 40.0 Å². The third-order valence-electron chi connectivity index (χ3n) is 4.69. The van der Waals surface area contributed by atoms with E-state index in [1.54, 1.807) is 37.3 Å². The summed E-state index contributed by atoms with van der Waals surface area (Å²) in [6, 6.07) is 8.18. The van der Waals surface area contributed by atoms with Gasteiger partial charge in [0.05, 0.1) is 18.7 Å². The largest absolute Gasteiger partial charge is 0.497 e. The third kappa shape index (κ3) is 3.59. The Balaban J connectivity index is 1.71. The van der Waals surface area contributed by atoms with Crippen LogP contribution in [0.1, 0.15) is 28.8 Å². The SMILES string of the molecule is CCn1c(C(=O)c2ccc(OC)cc2Cl)cn(Cc2nc3ccc(Cl)nc3[nH]2)c1=O. The molecule has 3 heterocycles. The summed E-state index contributed by atoms with van der Waals surface area (Å²) in [6.07, 6.45) is 1.52. The molecule has 0 saturated carbocycles. The van der Waals surface area contributed by atoms with E-state index in [1.165, 1.54) is 22.4 Å². The zero-order valence-electron chi connectivity index (χ0n) is 16.1. The van der Waals surface area contributed by atoms with Gasteiger partial charge in [-0.15, -0.1) is 0 Å². The summed E-state index contributed by atoms with van der Waals surface area (Å²) in [5, 5.41) is 0.596. The van der Waals surface area contributed by atoms with E-state index in [9.17, 15) is 9.59 Å². The van der Waals surface area contributed by atoms with E-state index in [4.69, 9.17) is 27.9 Å². The van der Waals surface area contributed by atoms with E-state index >= 15 is 0 Å². The van der Waals surface area contributed by atoms with Crippen molar-refractivity contribution in [1.29, 1.82) is 0 Å². The molecule has 10 heteroatoms. The van der Waals surface area contributed by atoms with Crippen molar-refractivity contribution < 1.29 is 9.53 Å². The van der Waals surface area contributed by atoms with Gasteiger partial charge in [0.15, 0.2) is 5.65 Å². The first-order chi connectivity index (χ1) is 14.4. The number of H-pyrrole nitrogens is 1. The maximum absolute atomic E-state index is 13.1. The predicted molar refractivity (Wildman–Crippen MR) is 114 cm³/mol. The van der Waals surface area contributed by atoms with Crippen molar-refractivity contribution in [2.45, 2.75) is 20.0 Å². The smallest absolute Gasteiger partial charge is 0.329 e. The first-order valence-corrected chi connectivity index (χ1v) is 9.86. The minimum absolute atomic E-state index is 0.149. The van der Waals surface area contributed by atoms with Crippen LogP contribution in [0.15, 0.2) is 41.3 Å². The van der Waals surface area contributed by atoms with Gasteiger partial charge in [-0.2, -0.15) is 0 Å². The van der Waals surface area contributed by atoms with Gasteiger partial charge >= 0.3 is 5.69 Å². The van der Waals surface area contributed by atoms with Gasteiger partial charge in [-0.1, -0.05) is 23.2 Å². The van der Waals surface area contributed by atoms with Crippen molar-refractivity contribution in [2.24, 2.45) is 0 Å². The molecule has 0 atom stereocenters. The van der Waals surface area contributed by atoms with Gasteiger partial charge in [0, 0.05) is 18.3 Å². The Hall–Kier alpha value is -3.10. The topological polar surface area (TPSA) is 94.8 Å². The number of ketones is 1. The van der Waals surface area contributed by atoms with Crippen molar-refractivity contribution in [3.05, 3.63) is 74.3 Å². The van der Waals surface area contributed by atoms with Crippen LogP contribution in [0, 0.1) is 0 Å². The summed E-state index contributed by atoms with van der Waals surface area (Å²) in [7, 11) is 1.52. The molecular formula is C20H17Cl2N5O3. The zero-order chi connectivity index (χ0) is 21.4. The number of aromatic amines is 1. The van der Waals surface area contributed by atoms with Crippen LogP contribution in [0.3, 0.4) is 0 Å². The lowest BCUT2D eigenvalue weighted by molar-refractivity contribution is 0.103. The summed E-state index contributed by atoms with van der Waals surface area (Å²) < 4.78 is 7.95. The van der Waals surface area contributed by atoms with Crippen molar-refractivity contribution in [1.82, 2.24) is 24.1 Å². The summed E-state index contributed by atoms with van der Waals surface area (Å²) in [5.74, 6) is 0.718. The number of rotatable bonds is 6. The molecule has 0 spiro atoms. The highest BCUT2D eigenvalue weighted by Gasteiger charge is 2.21. The summed E-state index contributed by atoms with van der Waals surface area (Å²) in [5.41, 5.74) is 1.38. The highest BCUT2D eigenvalue weighted by atomic mass is 35.5. The molecule has 0 amide bonds. The van der Waals surface area contributed by atoms with Gasteiger partial charge in [0.25, 0.3) is 0 Å². The Labute approximate surface area is 181 Å². The molecule has 1 N–H and O–H groups in total. The fourth-order valence-electron chi connectivity index (χ4n) is 3.23. The molecule has 3 aromatic heterocycles. The highest BCUT2D eigenvalue weighted by Crippen LogP contribution is 2.24. The van der Waals surface area contributed by atoms with Crippen LogP contribution < -0.4 is 10.4 Å². The maximum atomic E-state index is 13.1. The maximum Gasteiger partial charge on any atom is 0.329 e. The number of halogens is 2. The van der Waals surface area contributed by atoms with E-state index < -0.39 is 0 Å². The monoisotopic (exact) mass is 445 g/mol. The van der Waals surface area contributed by atoms with Crippen LogP contribution in [-0.4, -0.2) is 37.0 Å². The summed E-state index contributed by atoms with van der Waals surface area (Å²) in [4.78, 5) is 37.6. The van der Waals surface area contributed by atoms with Gasteiger partial charge in [-0.05, 0) is 37.3 Å². The summed E-state index contributed by atoms with van der Waals surface area (Å²) in [6.45, 7) is 2.28. The molecule has 154 valence electrons. The predicted octanol–water partition coefficient (Wildman–Crippen LogP) is 3.54. The van der Waals surface area contributed by atoms with Gasteiger partial charge in [0.2, 0.25) is 5.78 Å². The molecule has 0 aliphatic rings. The Morgan fingerprint density at radius 2 is 2.00 bits per heavy atom. The molecule has 30 heavy (non-hydrogen) atoms. The van der Waals surface area contributed by atoms with Crippen LogP contribution in [0.2, 0.25) is 10.2 Å². The molecule has 0 saturated heterocycles. The number of nitrogens with zero attached hydrogens (tertiary/aromatic N) is 4. The number of benzene rings is 1. The van der Waals surface area contributed by atoms with E-state index in [-0.39, 0.29) is 28.7 Å². The molecule has 0 fully saturated rings. The number of fused-ring (bicyclic) bond motifs is 1. The number of methoxy groups -OCH3 is 1. The standard InChI is InChI=1S/C20H17Cl2N5O3/c1-3-27-15(18(28)12-5-4-11(30-2)8-13(12)21)9-26(20(27)29)10-17-23-14-6-7-16(22)24-19(14)25-17/h4-9H,3,10H2,1-2H3,(H,23,24,25). The fraction of sp³-hybridized carbons (Fsp3) is 0.200. The van der Waals surface area contributed by atoms with Crippen LogP contribution in [0.25, 0.3) is 11.2 Å². The van der Waals surface area contributed by atoms with Crippen molar-refractivity contribution in [3.8, 4) is 5.75 Å². The minimum atomic E-state index is -0.349. The number of hydrogen-bond acceptors (Lipinski definition) is 5. The number of aromatic nitrogens is 5. The second kappa shape index (κ2) is 7.97. The quantitative estimate of drug-likeness (QED) is 0.361. The highest BCUT2D eigenvalue weighted by molar-refractivity contribution is 6.35. The molecule has 0 unspecified atom stereocenters.